The summed E-state index contributed by atoms with van der Waals surface area (Å²) in [6, 6.07) is 11.0. The molecular weight excluding hydrogens is 420 g/mol. The number of piperidine rings is 1. The first-order chi connectivity index (χ1) is 15.9. The van der Waals surface area contributed by atoms with Crippen molar-refractivity contribution in [2.24, 2.45) is 5.92 Å². The SMILES string of the molecule is CCOC(=O)C1CCN(Cc2c(O)ccc3c2O/C(=C/c2ccc(N(C)C)cc2)C3=O)CC1. The number of anilines is 1. The van der Waals surface area contributed by atoms with Crippen LogP contribution in [0.15, 0.2) is 42.2 Å². The molecule has 2 aliphatic heterocycles. The zero-order chi connectivity index (χ0) is 23.5. The third-order valence-electron chi connectivity index (χ3n) is 6.21. The van der Waals surface area contributed by atoms with Crippen molar-refractivity contribution in [3.8, 4) is 11.5 Å². The molecule has 4 rings (SSSR count). The number of nitrogens with zero attached hydrogens (tertiary/aromatic N) is 2. The van der Waals surface area contributed by atoms with Gasteiger partial charge in [0, 0.05) is 26.3 Å². The molecule has 2 heterocycles. The average Bonchev–Trinajstić information content (AvgIpc) is 3.12. The Morgan fingerprint density at radius 2 is 1.88 bits per heavy atom. The van der Waals surface area contributed by atoms with Gasteiger partial charge >= 0.3 is 5.97 Å². The van der Waals surface area contributed by atoms with E-state index in [1.165, 1.54) is 0 Å². The van der Waals surface area contributed by atoms with Gasteiger partial charge in [-0.1, -0.05) is 12.1 Å². The maximum absolute atomic E-state index is 13.0. The molecule has 0 amide bonds. The smallest absolute Gasteiger partial charge is 0.309 e. The van der Waals surface area contributed by atoms with E-state index in [1.807, 2.05) is 50.2 Å². The fourth-order valence-corrected chi connectivity index (χ4v) is 4.28. The summed E-state index contributed by atoms with van der Waals surface area (Å²) in [5, 5.41) is 10.5. The molecule has 7 nitrogen and oxygen atoms in total. The number of phenolic OH excluding ortho intramolecular Hbond substituents is 1. The van der Waals surface area contributed by atoms with Gasteiger partial charge in [-0.05, 0) is 68.8 Å². The lowest BCUT2D eigenvalue weighted by Gasteiger charge is -2.31. The molecule has 1 saturated heterocycles. The second-order valence-electron chi connectivity index (χ2n) is 8.67. The highest BCUT2D eigenvalue weighted by atomic mass is 16.5. The second-order valence-corrected chi connectivity index (χ2v) is 8.67. The van der Waals surface area contributed by atoms with Crippen molar-refractivity contribution in [2.75, 3.05) is 38.7 Å². The van der Waals surface area contributed by atoms with Gasteiger partial charge < -0.3 is 19.5 Å². The van der Waals surface area contributed by atoms with Gasteiger partial charge in [0.05, 0.1) is 23.7 Å². The van der Waals surface area contributed by atoms with E-state index in [-0.39, 0.29) is 29.2 Å². The second kappa shape index (κ2) is 9.67. The van der Waals surface area contributed by atoms with E-state index < -0.39 is 0 Å². The van der Waals surface area contributed by atoms with Crippen LogP contribution in [-0.4, -0.2) is 55.6 Å². The molecule has 1 fully saturated rings. The largest absolute Gasteiger partial charge is 0.507 e. The highest BCUT2D eigenvalue weighted by Crippen LogP contribution is 2.40. The van der Waals surface area contributed by atoms with E-state index in [9.17, 15) is 14.7 Å². The average molecular weight is 451 g/mol. The number of aromatic hydroxyl groups is 1. The number of ketones is 1. The molecule has 7 heteroatoms. The third-order valence-corrected chi connectivity index (χ3v) is 6.21. The minimum atomic E-state index is -0.191. The molecule has 0 unspecified atom stereocenters. The predicted molar refractivity (Wildman–Crippen MR) is 126 cm³/mol. The lowest BCUT2D eigenvalue weighted by atomic mass is 9.96. The molecule has 0 aromatic heterocycles. The molecule has 2 aromatic rings. The maximum Gasteiger partial charge on any atom is 0.309 e. The van der Waals surface area contributed by atoms with Gasteiger partial charge in [0.2, 0.25) is 5.78 Å². The molecule has 33 heavy (non-hydrogen) atoms. The molecule has 0 atom stereocenters. The Balaban J connectivity index is 1.50. The number of carbonyl (C=O) groups is 2. The van der Waals surface area contributed by atoms with Gasteiger partial charge in [-0.3, -0.25) is 14.5 Å². The number of esters is 1. The van der Waals surface area contributed by atoms with Crippen LogP contribution in [0, 0.1) is 5.92 Å². The molecule has 2 aromatic carbocycles. The maximum atomic E-state index is 13.0. The summed E-state index contributed by atoms with van der Waals surface area (Å²) in [5.41, 5.74) is 2.99. The summed E-state index contributed by atoms with van der Waals surface area (Å²) in [4.78, 5) is 29.1. The number of hydrogen-bond donors (Lipinski definition) is 1. The van der Waals surface area contributed by atoms with E-state index >= 15 is 0 Å². The number of phenols is 1. The summed E-state index contributed by atoms with van der Waals surface area (Å²) < 4.78 is 11.1. The summed E-state index contributed by atoms with van der Waals surface area (Å²) in [5.74, 6) is 0.360. The molecule has 2 aliphatic rings. The first-order valence-electron chi connectivity index (χ1n) is 11.3. The van der Waals surface area contributed by atoms with Crippen molar-refractivity contribution < 1.29 is 24.2 Å². The monoisotopic (exact) mass is 450 g/mol. The zero-order valence-electron chi connectivity index (χ0n) is 19.3. The highest BCUT2D eigenvalue weighted by molar-refractivity contribution is 6.15. The first-order valence-corrected chi connectivity index (χ1v) is 11.3. The molecule has 0 saturated carbocycles. The minimum absolute atomic E-state index is 0.0810. The number of carbonyl (C=O) groups excluding carboxylic acids is 2. The number of benzene rings is 2. The van der Waals surface area contributed by atoms with Gasteiger partial charge in [0.1, 0.15) is 11.5 Å². The zero-order valence-corrected chi connectivity index (χ0v) is 19.3. The van der Waals surface area contributed by atoms with Crippen LogP contribution in [0.1, 0.15) is 41.3 Å². The van der Waals surface area contributed by atoms with Crippen molar-refractivity contribution in [1.82, 2.24) is 4.90 Å². The van der Waals surface area contributed by atoms with Crippen LogP contribution in [0.4, 0.5) is 5.69 Å². The van der Waals surface area contributed by atoms with E-state index in [1.54, 1.807) is 18.2 Å². The van der Waals surface area contributed by atoms with Crippen LogP contribution >= 0.6 is 0 Å². The summed E-state index contributed by atoms with van der Waals surface area (Å²) in [7, 11) is 3.95. The predicted octanol–water partition coefficient (Wildman–Crippen LogP) is 3.85. The molecule has 174 valence electrons. The lowest BCUT2D eigenvalue weighted by Crippen LogP contribution is -2.36. The normalized spacial score (nSPS) is 17.7. The van der Waals surface area contributed by atoms with Gasteiger partial charge in [0.25, 0.3) is 0 Å². The van der Waals surface area contributed by atoms with Gasteiger partial charge in [-0.25, -0.2) is 0 Å². The minimum Gasteiger partial charge on any atom is -0.507 e. The number of fused-ring (bicyclic) bond motifs is 1. The molecule has 0 radical (unpaired) electrons. The molecular formula is C26H30N2O5. The van der Waals surface area contributed by atoms with E-state index in [0.717, 1.165) is 11.3 Å². The van der Waals surface area contributed by atoms with Gasteiger partial charge in [0.15, 0.2) is 5.76 Å². The third kappa shape index (κ3) is 4.88. The number of hydrogen-bond acceptors (Lipinski definition) is 7. The van der Waals surface area contributed by atoms with Crippen LogP contribution in [0.2, 0.25) is 0 Å². The summed E-state index contributed by atoms with van der Waals surface area (Å²) in [6.07, 6.45) is 3.15. The fourth-order valence-electron chi connectivity index (χ4n) is 4.28. The van der Waals surface area contributed by atoms with E-state index in [4.69, 9.17) is 9.47 Å². The first kappa shape index (κ1) is 22.9. The molecule has 0 aliphatic carbocycles. The van der Waals surface area contributed by atoms with E-state index in [0.29, 0.717) is 56.0 Å². The van der Waals surface area contributed by atoms with Crippen molar-refractivity contribution in [2.45, 2.75) is 26.3 Å². The Hall–Kier alpha value is -3.32. The molecule has 0 bridgehead atoms. The van der Waals surface area contributed by atoms with Crippen molar-refractivity contribution in [3.05, 3.63) is 58.8 Å². The van der Waals surface area contributed by atoms with Gasteiger partial charge in [-0.15, -0.1) is 0 Å². The standard InChI is InChI=1S/C26H30N2O5/c1-4-32-26(31)18-11-13-28(14-12-18)16-21-22(29)10-9-20-24(30)23(33-25(20)21)15-17-5-7-19(8-6-17)27(2)3/h5-10,15,18,29H,4,11-14,16H2,1-3H3/b23-15+. The summed E-state index contributed by atoms with van der Waals surface area (Å²) >= 11 is 0. The molecule has 0 spiro atoms. The number of Topliss-reactive ketones (excluding diaryl/α,β-unsaturated/α-hetero) is 1. The van der Waals surface area contributed by atoms with Crippen LogP contribution < -0.4 is 9.64 Å². The number of ether oxygens (including phenoxy) is 2. The van der Waals surface area contributed by atoms with Crippen LogP contribution in [0.3, 0.4) is 0 Å². The number of allylic oxidation sites excluding steroid dienone is 1. The van der Waals surface area contributed by atoms with Crippen molar-refractivity contribution in [1.29, 1.82) is 0 Å². The topological polar surface area (TPSA) is 79.3 Å². The Morgan fingerprint density at radius 3 is 2.52 bits per heavy atom. The van der Waals surface area contributed by atoms with Crippen LogP contribution in [-0.2, 0) is 16.1 Å². The van der Waals surface area contributed by atoms with Gasteiger partial charge in [-0.2, -0.15) is 0 Å². The van der Waals surface area contributed by atoms with Crippen LogP contribution in [0.25, 0.3) is 6.08 Å². The number of likely N-dealkylation sites (tertiary alicyclic amines) is 1. The highest BCUT2D eigenvalue weighted by Gasteiger charge is 2.33. The Kier molecular flexibility index (Phi) is 6.70. The fraction of sp³-hybridized carbons (Fsp3) is 0.385. The Morgan fingerprint density at radius 1 is 1.18 bits per heavy atom. The Labute approximate surface area is 194 Å². The lowest BCUT2D eigenvalue weighted by molar-refractivity contribution is -0.149. The van der Waals surface area contributed by atoms with Crippen molar-refractivity contribution >= 4 is 23.5 Å². The summed E-state index contributed by atoms with van der Waals surface area (Å²) in [6.45, 7) is 4.07. The molecule has 1 N–H and O–H groups in total. The van der Waals surface area contributed by atoms with Crippen LogP contribution in [0.5, 0.6) is 11.5 Å². The Bertz CT molecular complexity index is 1070. The number of rotatable bonds is 6. The quantitative estimate of drug-likeness (QED) is 0.529. The van der Waals surface area contributed by atoms with Crippen molar-refractivity contribution in [3.63, 3.8) is 0 Å². The van der Waals surface area contributed by atoms with E-state index in [2.05, 4.69) is 4.90 Å².